The molecule has 0 fully saturated rings. The molecule has 4 nitrogen and oxygen atoms in total. The second-order valence-corrected chi connectivity index (χ2v) is 2.94. The van der Waals surface area contributed by atoms with Gasteiger partial charge in [0.2, 0.25) is 0 Å². The van der Waals surface area contributed by atoms with E-state index in [4.69, 9.17) is 5.73 Å². The van der Waals surface area contributed by atoms with Crippen LogP contribution in [0.25, 0.3) is 0 Å². The third-order valence-electron chi connectivity index (χ3n) is 0.774. The Morgan fingerprint density at radius 1 is 1.23 bits per heavy atom. The molecule has 0 spiro atoms. The Balaban J connectivity index is 0. The molecule has 0 atom stereocenters. The van der Waals surface area contributed by atoms with Crippen molar-refractivity contribution in [3.05, 3.63) is 0 Å². The molecule has 0 saturated heterocycles. The Hall–Kier alpha value is -0.700. The Kier molecular flexibility index (Phi) is 15.8. The van der Waals surface area contributed by atoms with Crippen LogP contribution in [-0.2, 0) is 0 Å². The molecular weight excluding hydrogens is 164 g/mol. The summed E-state index contributed by atoms with van der Waals surface area (Å²) in [5.74, 6) is 0. The van der Waals surface area contributed by atoms with E-state index in [0.717, 1.165) is 19.5 Å². The maximum absolute atomic E-state index is 5.22. The highest BCUT2D eigenvalue weighted by Gasteiger charge is 1.74. The highest BCUT2D eigenvalue weighted by Crippen LogP contribution is 1.73. The largest absolute Gasteiger partial charge is 0.330 e. The molecule has 78 valence electrons. The molecule has 0 aliphatic carbocycles. The minimum Gasteiger partial charge on any atom is -0.330 e. The number of nitrogens with two attached hydrogens (primary N) is 1. The van der Waals surface area contributed by atoms with Gasteiger partial charge in [-0.2, -0.15) is 0 Å². The summed E-state index contributed by atoms with van der Waals surface area (Å²) in [5.41, 5.74) is 5.22. The summed E-state index contributed by atoms with van der Waals surface area (Å²) >= 11 is 0. The van der Waals surface area contributed by atoms with Gasteiger partial charge in [0.15, 0.2) is 0 Å². The quantitative estimate of drug-likeness (QED) is 0.519. The van der Waals surface area contributed by atoms with Crippen molar-refractivity contribution in [3.8, 4) is 0 Å². The Morgan fingerprint density at radius 2 is 1.77 bits per heavy atom. The van der Waals surface area contributed by atoms with Crippen molar-refractivity contribution in [1.29, 1.82) is 0 Å². The summed E-state index contributed by atoms with van der Waals surface area (Å²) in [4.78, 5) is 9.64. The maximum Gasteiger partial charge on any atom is 0.0892 e. The first-order chi connectivity index (χ1) is 6.15. The standard InChI is InChI=1S/C6H13N3.C3H9N/c1-2-8-6-9-5-3-4-7;1-4(2)3/h2-5,7H2,1H3;1-3H3. The van der Waals surface area contributed by atoms with Crippen molar-refractivity contribution in [2.75, 3.05) is 40.8 Å². The van der Waals surface area contributed by atoms with Gasteiger partial charge in [-0.15, -0.1) is 0 Å². The van der Waals surface area contributed by atoms with E-state index in [2.05, 4.69) is 16.0 Å². The van der Waals surface area contributed by atoms with Gasteiger partial charge in [0.05, 0.1) is 12.6 Å². The van der Waals surface area contributed by atoms with Gasteiger partial charge >= 0.3 is 0 Å². The zero-order valence-corrected chi connectivity index (χ0v) is 9.25. The van der Waals surface area contributed by atoms with Gasteiger partial charge in [0.1, 0.15) is 0 Å². The van der Waals surface area contributed by atoms with Crippen LogP contribution in [0.2, 0.25) is 0 Å². The van der Waals surface area contributed by atoms with Crippen molar-refractivity contribution < 1.29 is 0 Å². The predicted octanol–water partition coefficient (Wildman–Crippen LogP) is 0.707. The fourth-order valence-electron chi connectivity index (χ4n) is 0.341. The van der Waals surface area contributed by atoms with Crippen LogP contribution < -0.4 is 5.73 Å². The monoisotopic (exact) mass is 186 g/mol. The zero-order valence-electron chi connectivity index (χ0n) is 9.25. The van der Waals surface area contributed by atoms with Gasteiger partial charge < -0.3 is 10.6 Å². The minimum absolute atomic E-state index is 0.692. The van der Waals surface area contributed by atoms with E-state index in [-0.39, 0.29) is 0 Å². The molecule has 0 aromatic rings. The van der Waals surface area contributed by atoms with Crippen molar-refractivity contribution in [2.24, 2.45) is 15.7 Å². The van der Waals surface area contributed by atoms with Crippen LogP contribution in [0.3, 0.4) is 0 Å². The summed E-state index contributed by atoms with van der Waals surface area (Å²) in [6, 6.07) is 2.56. The van der Waals surface area contributed by atoms with Gasteiger partial charge in [-0.25, -0.2) is 9.98 Å². The Morgan fingerprint density at radius 3 is 2.15 bits per heavy atom. The molecule has 0 aromatic heterocycles. The van der Waals surface area contributed by atoms with Crippen LogP contribution >= 0.6 is 0 Å². The number of rotatable bonds is 4. The number of hydrogen-bond acceptors (Lipinski definition) is 4. The van der Waals surface area contributed by atoms with Gasteiger partial charge in [0, 0.05) is 6.54 Å². The molecule has 0 saturated carbocycles. The van der Waals surface area contributed by atoms with Crippen LogP contribution in [-0.4, -0.2) is 51.7 Å². The fraction of sp³-hybridized carbons (Fsp3) is 0.889. The molecule has 4 heteroatoms. The average Bonchev–Trinajstić information content (AvgIpc) is 2.03. The van der Waals surface area contributed by atoms with Crippen LogP contribution in [0, 0.1) is 0 Å². The second-order valence-electron chi connectivity index (χ2n) is 2.94. The van der Waals surface area contributed by atoms with Gasteiger partial charge in [0.25, 0.3) is 0 Å². The average molecular weight is 186 g/mol. The van der Waals surface area contributed by atoms with Gasteiger partial charge in [-0.1, -0.05) is 0 Å². The number of nitrogens with zero attached hydrogens (tertiary/aromatic N) is 3. The van der Waals surface area contributed by atoms with Crippen molar-refractivity contribution in [1.82, 2.24) is 4.90 Å². The number of aliphatic imine (C=N–C) groups is 2. The summed E-state index contributed by atoms with van der Waals surface area (Å²) in [6.45, 7) is 4.15. The molecule has 0 rings (SSSR count). The zero-order chi connectivity index (χ0) is 10.5. The Bertz CT molecular complexity index is 134. The first-order valence-corrected chi connectivity index (χ1v) is 4.54. The van der Waals surface area contributed by atoms with Crippen molar-refractivity contribution in [2.45, 2.75) is 13.3 Å². The second kappa shape index (κ2) is 13.9. The van der Waals surface area contributed by atoms with E-state index in [9.17, 15) is 0 Å². The maximum atomic E-state index is 5.22. The lowest BCUT2D eigenvalue weighted by atomic mass is 10.4. The first kappa shape index (κ1) is 14.8. The highest BCUT2D eigenvalue weighted by atomic mass is 15.0. The van der Waals surface area contributed by atoms with Gasteiger partial charge in [-0.3, -0.25) is 0 Å². The molecule has 0 aromatic carbocycles. The molecule has 13 heavy (non-hydrogen) atoms. The lowest BCUT2D eigenvalue weighted by Crippen LogP contribution is -1.99. The first-order valence-electron chi connectivity index (χ1n) is 4.54. The number of hydrogen-bond donors (Lipinski definition) is 1. The van der Waals surface area contributed by atoms with Gasteiger partial charge in [-0.05, 0) is 41.0 Å². The van der Waals surface area contributed by atoms with E-state index >= 15 is 0 Å². The predicted molar refractivity (Wildman–Crippen MR) is 58.6 cm³/mol. The molecule has 0 radical (unpaired) electrons. The van der Waals surface area contributed by atoms with E-state index in [0.29, 0.717) is 6.54 Å². The van der Waals surface area contributed by atoms with E-state index in [1.807, 2.05) is 33.0 Å². The van der Waals surface area contributed by atoms with E-state index in [1.165, 1.54) is 0 Å². The molecule has 0 bridgehead atoms. The van der Waals surface area contributed by atoms with Crippen LogP contribution in [0.4, 0.5) is 0 Å². The fourth-order valence-corrected chi connectivity index (χ4v) is 0.341. The SMILES string of the molecule is CCN=C=NCCCN.CN(C)C. The molecule has 0 heterocycles. The van der Waals surface area contributed by atoms with Crippen molar-refractivity contribution in [3.63, 3.8) is 0 Å². The van der Waals surface area contributed by atoms with Crippen LogP contribution in [0.15, 0.2) is 9.98 Å². The molecule has 0 aliphatic heterocycles. The van der Waals surface area contributed by atoms with Crippen LogP contribution in [0.5, 0.6) is 0 Å². The minimum atomic E-state index is 0.692. The molecule has 0 unspecified atom stereocenters. The van der Waals surface area contributed by atoms with Crippen LogP contribution in [0.1, 0.15) is 13.3 Å². The third kappa shape index (κ3) is 34.8. The third-order valence-corrected chi connectivity index (χ3v) is 0.774. The summed E-state index contributed by atoms with van der Waals surface area (Å²) in [6.07, 6.45) is 0.923. The lowest BCUT2D eigenvalue weighted by molar-refractivity contribution is 0.505. The molecule has 0 aliphatic rings. The molecule has 0 amide bonds. The smallest absolute Gasteiger partial charge is 0.0892 e. The lowest BCUT2D eigenvalue weighted by Gasteiger charge is -1.90. The molecule has 2 N–H and O–H groups in total. The molecular formula is C9H22N4. The normalized spacial score (nSPS) is 8.46. The topological polar surface area (TPSA) is 54.0 Å². The summed E-state index contributed by atoms with van der Waals surface area (Å²) in [7, 11) is 6.00. The summed E-state index contributed by atoms with van der Waals surface area (Å²) in [5, 5.41) is 0. The highest BCUT2D eigenvalue weighted by molar-refractivity contribution is 5.40. The summed E-state index contributed by atoms with van der Waals surface area (Å²) < 4.78 is 0. The van der Waals surface area contributed by atoms with E-state index in [1.54, 1.807) is 0 Å². The Labute approximate surface area is 81.6 Å². The van der Waals surface area contributed by atoms with E-state index < -0.39 is 0 Å². The van der Waals surface area contributed by atoms with Crippen molar-refractivity contribution >= 4 is 6.01 Å².